The predicted molar refractivity (Wildman–Crippen MR) is 107 cm³/mol. The van der Waals surface area contributed by atoms with Crippen molar-refractivity contribution in [1.29, 1.82) is 0 Å². The number of ether oxygens (including phenoxy) is 1. The summed E-state index contributed by atoms with van der Waals surface area (Å²) in [5.74, 6) is 0.888. The fraction of sp³-hybridized carbons (Fsp3) is 0.136. The van der Waals surface area contributed by atoms with Gasteiger partial charge in [0.25, 0.3) is 5.91 Å². The molecule has 0 spiro atoms. The maximum absolute atomic E-state index is 12.7. The average Bonchev–Trinajstić information content (AvgIpc) is 3.12. The van der Waals surface area contributed by atoms with Crippen LogP contribution < -0.4 is 10.1 Å². The van der Waals surface area contributed by atoms with Crippen molar-refractivity contribution in [2.45, 2.75) is 19.4 Å². The minimum atomic E-state index is -1.04. The van der Waals surface area contributed by atoms with E-state index in [2.05, 4.69) is 15.3 Å². The SMILES string of the molecule is CC(C)(Oc1ccccc1)C(=O)Nc1ccc2oc(-c3ccncc3)nc2c1. The normalized spacial score (nSPS) is 11.4. The number of fused-ring (bicyclic) bond motifs is 1. The van der Waals surface area contributed by atoms with E-state index in [0.29, 0.717) is 28.4 Å². The van der Waals surface area contributed by atoms with Gasteiger partial charge in [-0.15, -0.1) is 0 Å². The van der Waals surface area contributed by atoms with Gasteiger partial charge < -0.3 is 14.5 Å². The van der Waals surface area contributed by atoms with E-state index in [1.807, 2.05) is 42.5 Å². The summed E-state index contributed by atoms with van der Waals surface area (Å²) < 4.78 is 11.6. The second kappa shape index (κ2) is 7.15. The molecule has 6 heteroatoms. The highest BCUT2D eigenvalue weighted by Crippen LogP contribution is 2.26. The first kappa shape index (κ1) is 17.7. The Labute approximate surface area is 162 Å². The van der Waals surface area contributed by atoms with Crippen molar-refractivity contribution in [3.63, 3.8) is 0 Å². The van der Waals surface area contributed by atoms with Crippen molar-refractivity contribution in [3.8, 4) is 17.2 Å². The molecule has 0 aliphatic carbocycles. The van der Waals surface area contributed by atoms with Crippen LogP contribution >= 0.6 is 0 Å². The van der Waals surface area contributed by atoms with Crippen LogP contribution in [0.3, 0.4) is 0 Å². The van der Waals surface area contributed by atoms with E-state index in [1.165, 1.54) is 0 Å². The summed E-state index contributed by atoms with van der Waals surface area (Å²) in [4.78, 5) is 21.2. The molecule has 0 aliphatic rings. The molecule has 2 heterocycles. The molecule has 4 aromatic rings. The van der Waals surface area contributed by atoms with Crippen molar-refractivity contribution < 1.29 is 13.9 Å². The highest BCUT2D eigenvalue weighted by molar-refractivity contribution is 5.98. The number of carbonyl (C=O) groups is 1. The molecule has 0 unspecified atom stereocenters. The summed E-state index contributed by atoms with van der Waals surface area (Å²) in [5, 5.41) is 2.89. The summed E-state index contributed by atoms with van der Waals surface area (Å²) in [6, 6.07) is 18.3. The Kier molecular flexibility index (Phi) is 4.53. The fourth-order valence-corrected chi connectivity index (χ4v) is 2.73. The van der Waals surface area contributed by atoms with Crippen molar-refractivity contribution in [1.82, 2.24) is 9.97 Å². The molecule has 6 nitrogen and oxygen atoms in total. The molecule has 0 bridgehead atoms. The Hall–Kier alpha value is -3.67. The molecule has 0 atom stereocenters. The highest BCUT2D eigenvalue weighted by Gasteiger charge is 2.30. The molecule has 0 saturated carbocycles. The number of benzene rings is 2. The number of anilines is 1. The molecule has 4 rings (SSSR count). The zero-order valence-corrected chi connectivity index (χ0v) is 15.5. The lowest BCUT2D eigenvalue weighted by Gasteiger charge is -2.25. The number of aromatic nitrogens is 2. The van der Waals surface area contributed by atoms with Crippen LogP contribution in [-0.4, -0.2) is 21.5 Å². The van der Waals surface area contributed by atoms with E-state index < -0.39 is 5.60 Å². The van der Waals surface area contributed by atoms with Crippen molar-refractivity contribution in [3.05, 3.63) is 73.1 Å². The van der Waals surface area contributed by atoms with Crippen molar-refractivity contribution >= 4 is 22.7 Å². The lowest BCUT2D eigenvalue weighted by atomic mass is 10.1. The zero-order valence-electron chi connectivity index (χ0n) is 15.5. The smallest absolute Gasteiger partial charge is 0.267 e. The second-order valence-electron chi connectivity index (χ2n) is 6.82. The van der Waals surface area contributed by atoms with E-state index >= 15 is 0 Å². The molecular weight excluding hydrogens is 354 g/mol. The molecule has 2 aromatic carbocycles. The van der Waals surface area contributed by atoms with Crippen LogP contribution in [0.2, 0.25) is 0 Å². The molecule has 0 radical (unpaired) electrons. The number of para-hydroxylation sites is 1. The molecule has 1 amide bonds. The van der Waals surface area contributed by atoms with Gasteiger partial charge in [0.1, 0.15) is 11.3 Å². The zero-order chi connectivity index (χ0) is 19.6. The van der Waals surface area contributed by atoms with Gasteiger partial charge in [-0.05, 0) is 56.3 Å². The third kappa shape index (κ3) is 3.71. The fourth-order valence-electron chi connectivity index (χ4n) is 2.73. The summed E-state index contributed by atoms with van der Waals surface area (Å²) in [5.41, 5.74) is 1.73. The minimum absolute atomic E-state index is 0.256. The molecule has 2 aromatic heterocycles. The monoisotopic (exact) mass is 373 g/mol. The van der Waals surface area contributed by atoms with E-state index in [4.69, 9.17) is 9.15 Å². The summed E-state index contributed by atoms with van der Waals surface area (Å²) in [7, 11) is 0. The van der Waals surface area contributed by atoms with E-state index in [1.54, 1.807) is 44.4 Å². The number of hydrogen-bond acceptors (Lipinski definition) is 5. The Morgan fingerprint density at radius 2 is 1.79 bits per heavy atom. The van der Waals surface area contributed by atoms with Crippen molar-refractivity contribution in [2.75, 3.05) is 5.32 Å². The Bertz CT molecular complexity index is 1110. The van der Waals surface area contributed by atoms with E-state index in [0.717, 1.165) is 5.56 Å². The molecular formula is C22H19N3O3. The van der Waals surface area contributed by atoms with Crippen LogP contribution in [0, 0.1) is 0 Å². The number of nitrogens with zero attached hydrogens (tertiary/aromatic N) is 2. The van der Waals surface area contributed by atoms with Gasteiger partial charge in [0, 0.05) is 23.6 Å². The van der Waals surface area contributed by atoms with Crippen LogP contribution in [0.4, 0.5) is 5.69 Å². The second-order valence-corrected chi connectivity index (χ2v) is 6.82. The van der Waals surface area contributed by atoms with Gasteiger partial charge in [-0.3, -0.25) is 9.78 Å². The molecule has 1 N–H and O–H groups in total. The summed E-state index contributed by atoms with van der Waals surface area (Å²) >= 11 is 0. The van der Waals surface area contributed by atoms with Gasteiger partial charge in [0.15, 0.2) is 11.2 Å². The lowest BCUT2D eigenvalue weighted by Crippen LogP contribution is -2.42. The van der Waals surface area contributed by atoms with Crippen LogP contribution in [0.1, 0.15) is 13.8 Å². The standard InChI is InChI=1S/C22H19N3O3/c1-22(2,28-17-6-4-3-5-7-17)21(26)24-16-8-9-19-18(14-16)25-20(27-19)15-10-12-23-13-11-15/h3-14H,1-2H3,(H,24,26). The number of oxazole rings is 1. The number of nitrogens with one attached hydrogen (secondary N) is 1. The average molecular weight is 373 g/mol. The number of hydrogen-bond donors (Lipinski definition) is 1. The van der Waals surface area contributed by atoms with Gasteiger partial charge in [-0.1, -0.05) is 18.2 Å². The summed E-state index contributed by atoms with van der Waals surface area (Å²) in [6.07, 6.45) is 3.37. The van der Waals surface area contributed by atoms with Crippen molar-refractivity contribution in [2.24, 2.45) is 0 Å². The van der Waals surface area contributed by atoms with Gasteiger partial charge >= 0.3 is 0 Å². The van der Waals surface area contributed by atoms with Crippen LogP contribution in [0.5, 0.6) is 5.75 Å². The number of rotatable bonds is 5. The maximum Gasteiger partial charge on any atom is 0.267 e. The van der Waals surface area contributed by atoms with Gasteiger partial charge in [0.05, 0.1) is 0 Å². The Balaban J connectivity index is 1.53. The number of carbonyl (C=O) groups excluding carboxylic acids is 1. The maximum atomic E-state index is 12.7. The highest BCUT2D eigenvalue weighted by atomic mass is 16.5. The minimum Gasteiger partial charge on any atom is -0.478 e. The Morgan fingerprint density at radius 1 is 1.04 bits per heavy atom. The van der Waals surface area contributed by atoms with Gasteiger partial charge in [0.2, 0.25) is 5.89 Å². The molecule has 0 saturated heterocycles. The first-order valence-electron chi connectivity index (χ1n) is 8.88. The third-order valence-corrected chi connectivity index (χ3v) is 4.24. The van der Waals surface area contributed by atoms with Crippen LogP contribution in [-0.2, 0) is 4.79 Å². The molecule has 28 heavy (non-hydrogen) atoms. The van der Waals surface area contributed by atoms with E-state index in [9.17, 15) is 4.79 Å². The molecule has 0 fully saturated rings. The number of amides is 1. The predicted octanol–water partition coefficient (Wildman–Crippen LogP) is 4.69. The Morgan fingerprint density at radius 3 is 2.54 bits per heavy atom. The first-order valence-corrected chi connectivity index (χ1v) is 8.88. The summed E-state index contributed by atoms with van der Waals surface area (Å²) in [6.45, 7) is 3.46. The van der Waals surface area contributed by atoms with Crippen LogP contribution in [0.15, 0.2) is 77.5 Å². The topological polar surface area (TPSA) is 77.2 Å². The largest absolute Gasteiger partial charge is 0.478 e. The quantitative estimate of drug-likeness (QED) is 0.549. The van der Waals surface area contributed by atoms with Crippen LogP contribution in [0.25, 0.3) is 22.6 Å². The molecule has 0 aliphatic heterocycles. The molecule has 140 valence electrons. The van der Waals surface area contributed by atoms with Gasteiger partial charge in [-0.2, -0.15) is 0 Å². The third-order valence-electron chi connectivity index (χ3n) is 4.24. The first-order chi connectivity index (χ1) is 13.5. The van der Waals surface area contributed by atoms with E-state index in [-0.39, 0.29) is 5.91 Å². The van der Waals surface area contributed by atoms with Gasteiger partial charge in [-0.25, -0.2) is 4.98 Å². The lowest BCUT2D eigenvalue weighted by molar-refractivity contribution is -0.128. The number of pyridine rings is 1.